The lowest BCUT2D eigenvalue weighted by atomic mass is 10.2. The molecular formula is C15H8Cl2F3N5. The molecule has 0 aliphatic rings. The molecule has 2 aromatic rings. The first-order valence-corrected chi connectivity index (χ1v) is 7.33. The number of hydrogen-bond acceptors (Lipinski definition) is 4. The third-order valence-corrected chi connectivity index (χ3v) is 3.51. The lowest BCUT2D eigenvalue weighted by Gasteiger charge is -2.06. The molecule has 0 amide bonds. The van der Waals surface area contributed by atoms with Crippen LogP contribution in [-0.2, 0) is 6.18 Å². The first kappa shape index (κ1) is 18.7. The molecule has 0 aliphatic heterocycles. The van der Waals surface area contributed by atoms with Gasteiger partial charge in [-0.25, -0.2) is 0 Å². The minimum Gasteiger partial charge on any atom is -0.276 e. The van der Waals surface area contributed by atoms with Crippen LogP contribution in [0.3, 0.4) is 0 Å². The van der Waals surface area contributed by atoms with Crippen molar-refractivity contribution in [3.05, 3.63) is 58.1 Å². The number of alkyl halides is 3. The fourth-order valence-corrected chi connectivity index (χ4v) is 1.87. The van der Waals surface area contributed by atoms with E-state index in [-0.39, 0.29) is 16.5 Å². The van der Waals surface area contributed by atoms with Gasteiger partial charge in [-0.3, -0.25) is 5.43 Å². The third kappa shape index (κ3) is 5.45. The van der Waals surface area contributed by atoms with Crippen LogP contribution in [0.25, 0.3) is 0 Å². The summed E-state index contributed by atoms with van der Waals surface area (Å²) in [6, 6.07) is 10.3. The minimum atomic E-state index is -4.42. The second-order valence-electron chi connectivity index (χ2n) is 4.53. The Hall–Kier alpha value is -2.63. The van der Waals surface area contributed by atoms with Crippen LogP contribution in [-0.4, -0.2) is 5.84 Å². The molecule has 0 aromatic heterocycles. The Morgan fingerprint density at radius 3 is 2.28 bits per heavy atom. The zero-order valence-corrected chi connectivity index (χ0v) is 13.7. The summed E-state index contributed by atoms with van der Waals surface area (Å²) in [6.45, 7) is 0. The van der Waals surface area contributed by atoms with Gasteiger partial charge >= 0.3 is 6.18 Å². The van der Waals surface area contributed by atoms with E-state index in [1.54, 1.807) is 6.07 Å². The molecule has 5 nitrogen and oxygen atoms in total. The molecular weight excluding hydrogens is 378 g/mol. The van der Waals surface area contributed by atoms with E-state index in [4.69, 9.17) is 28.5 Å². The first-order valence-electron chi connectivity index (χ1n) is 6.57. The van der Waals surface area contributed by atoms with Crippen molar-refractivity contribution in [1.29, 1.82) is 5.26 Å². The fraction of sp³-hybridized carbons (Fsp3) is 0.0667. The van der Waals surface area contributed by atoms with E-state index in [2.05, 4.69) is 20.8 Å². The van der Waals surface area contributed by atoms with Gasteiger partial charge in [0.25, 0.3) is 5.84 Å². The summed E-state index contributed by atoms with van der Waals surface area (Å²) in [6.07, 6.45) is -4.42. The van der Waals surface area contributed by atoms with Crippen molar-refractivity contribution < 1.29 is 13.2 Å². The molecule has 0 heterocycles. The van der Waals surface area contributed by atoms with Gasteiger partial charge in [0.2, 0.25) is 0 Å². The van der Waals surface area contributed by atoms with Crippen LogP contribution < -0.4 is 5.43 Å². The number of azo groups is 1. The van der Waals surface area contributed by atoms with Gasteiger partial charge in [-0.15, -0.1) is 15.3 Å². The Balaban J connectivity index is 2.08. The third-order valence-electron chi connectivity index (χ3n) is 2.77. The summed E-state index contributed by atoms with van der Waals surface area (Å²) in [5.41, 5.74) is 2.25. The summed E-state index contributed by atoms with van der Waals surface area (Å²) >= 11 is 11.6. The molecule has 128 valence electrons. The predicted molar refractivity (Wildman–Crippen MR) is 89.1 cm³/mol. The van der Waals surface area contributed by atoms with Gasteiger partial charge in [-0.2, -0.15) is 18.4 Å². The number of nitrogens with one attached hydrogen (secondary N) is 1. The summed E-state index contributed by atoms with van der Waals surface area (Å²) in [4.78, 5) is 0. The number of nitrogens with zero attached hydrogens (tertiary/aromatic N) is 4. The molecule has 10 heteroatoms. The van der Waals surface area contributed by atoms with Crippen molar-refractivity contribution in [2.45, 2.75) is 6.18 Å². The van der Waals surface area contributed by atoms with E-state index in [1.807, 2.05) is 0 Å². The Morgan fingerprint density at radius 1 is 1.04 bits per heavy atom. The van der Waals surface area contributed by atoms with Crippen molar-refractivity contribution in [1.82, 2.24) is 0 Å². The normalized spacial score (nSPS) is 12.2. The number of halogens is 5. The first-order chi connectivity index (χ1) is 11.8. The molecule has 0 saturated carbocycles. The molecule has 0 aliphatic carbocycles. The molecule has 2 rings (SSSR count). The number of hydrazone groups is 1. The average molecular weight is 386 g/mol. The second kappa shape index (κ2) is 7.96. The van der Waals surface area contributed by atoms with Gasteiger partial charge in [0.1, 0.15) is 6.07 Å². The van der Waals surface area contributed by atoms with Gasteiger partial charge < -0.3 is 0 Å². The molecule has 0 unspecified atom stereocenters. The second-order valence-corrected chi connectivity index (χ2v) is 5.35. The molecule has 2 aromatic carbocycles. The van der Waals surface area contributed by atoms with E-state index in [9.17, 15) is 13.2 Å². The summed E-state index contributed by atoms with van der Waals surface area (Å²) in [5, 5.41) is 20.6. The van der Waals surface area contributed by atoms with Crippen molar-refractivity contribution in [2.75, 3.05) is 5.43 Å². The van der Waals surface area contributed by atoms with Gasteiger partial charge in [0, 0.05) is 0 Å². The molecule has 0 spiro atoms. The molecule has 0 fully saturated rings. The quantitative estimate of drug-likeness (QED) is 0.302. The highest BCUT2D eigenvalue weighted by Gasteiger charge is 2.29. The van der Waals surface area contributed by atoms with Crippen LogP contribution in [0.1, 0.15) is 5.56 Å². The standard InChI is InChI=1S/C15H8Cl2F3N5/c16-12-6-5-11(7-13(12)17)23-25-14(8-21)24-22-10-3-1-9(2-4-10)15(18,19)20/h1-7,22H. The van der Waals surface area contributed by atoms with Crippen LogP contribution in [0.2, 0.25) is 10.0 Å². The predicted octanol–water partition coefficient (Wildman–Crippen LogP) is 6.05. The van der Waals surface area contributed by atoms with E-state index >= 15 is 0 Å². The highest BCUT2D eigenvalue weighted by Crippen LogP contribution is 2.30. The monoisotopic (exact) mass is 385 g/mol. The maximum Gasteiger partial charge on any atom is 0.416 e. The summed E-state index contributed by atoms with van der Waals surface area (Å²) in [5.74, 6) is -0.328. The van der Waals surface area contributed by atoms with Crippen LogP contribution in [0.4, 0.5) is 24.5 Å². The maximum absolute atomic E-state index is 12.5. The van der Waals surface area contributed by atoms with Crippen LogP contribution in [0.15, 0.2) is 57.8 Å². The van der Waals surface area contributed by atoms with Crippen molar-refractivity contribution in [2.24, 2.45) is 15.3 Å². The molecule has 0 saturated heterocycles. The average Bonchev–Trinajstić information content (AvgIpc) is 2.57. The Bertz CT molecular complexity index is 855. The zero-order valence-electron chi connectivity index (χ0n) is 12.2. The number of hydrogen-bond donors (Lipinski definition) is 1. The number of nitriles is 1. The topological polar surface area (TPSA) is 72.9 Å². The van der Waals surface area contributed by atoms with Gasteiger partial charge in [0.05, 0.1) is 27.0 Å². The lowest BCUT2D eigenvalue weighted by Crippen LogP contribution is -2.04. The van der Waals surface area contributed by atoms with Gasteiger partial charge in [0.15, 0.2) is 0 Å². The van der Waals surface area contributed by atoms with Gasteiger partial charge in [-0.05, 0) is 42.5 Å². The van der Waals surface area contributed by atoms with E-state index in [1.165, 1.54) is 30.3 Å². The molecule has 25 heavy (non-hydrogen) atoms. The molecule has 1 N–H and O–H groups in total. The minimum absolute atomic E-state index is 0.255. The fourth-order valence-electron chi connectivity index (χ4n) is 1.57. The summed E-state index contributed by atoms with van der Waals surface area (Å²) < 4.78 is 37.4. The van der Waals surface area contributed by atoms with Gasteiger partial charge in [-0.1, -0.05) is 23.2 Å². The van der Waals surface area contributed by atoms with E-state index < -0.39 is 11.7 Å². The Labute approximate surface area is 150 Å². The van der Waals surface area contributed by atoms with Crippen LogP contribution >= 0.6 is 23.2 Å². The summed E-state index contributed by atoms with van der Waals surface area (Å²) in [7, 11) is 0. The highest BCUT2D eigenvalue weighted by molar-refractivity contribution is 6.42. The van der Waals surface area contributed by atoms with Crippen molar-refractivity contribution >= 4 is 40.4 Å². The van der Waals surface area contributed by atoms with Crippen molar-refractivity contribution in [3.63, 3.8) is 0 Å². The maximum atomic E-state index is 12.5. The number of benzene rings is 2. The number of anilines is 1. The SMILES string of the molecule is N#CC(N=Nc1ccc(Cl)c(Cl)c1)=NNc1ccc(C(F)(F)F)cc1. The largest absolute Gasteiger partial charge is 0.416 e. The molecule has 0 atom stereocenters. The van der Waals surface area contributed by atoms with Crippen LogP contribution in [0, 0.1) is 11.3 Å². The number of amidine groups is 1. The molecule has 0 bridgehead atoms. The molecule has 0 radical (unpaired) electrons. The van der Waals surface area contributed by atoms with Crippen LogP contribution in [0.5, 0.6) is 0 Å². The van der Waals surface area contributed by atoms with E-state index in [0.717, 1.165) is 12.1 Å². The Morgan fingerprint density at radius 2 is 1.72 bits per heavy atom. The number of rotatable bonds is 3. The Kier molecular flexibility index (Phi) is 5.96. The lowest BCUT2D eigenvalue weighted by molar-refractivity contribution is -0.137. The highest BCUT2D eigenvalue weighted by atomic mass is 35.5. The smallest absolute Gasteiger partial charge is 0.276 e. The van der Waals surface area contributed by atoms with Crippen molar-refractivity contribution in [3.8, 4) is 6.07 Å². The van der Waals surface area contributed by atoms with E-state index in [0.29, 0.717) is 10.7 Å². The zero-order chi connectivity index (χ0) is 18.4.